The van der Waals surface area contributed by atoms with E-state index < -0.39 is 34.6 Å². The molecule has 1 saturated heterocycles. The summed E-state index contributed by atoms with van der Waals surface area (Å²) in [4.78, 5) is -0.591. The van der Waals surface area contributed by atoms with Gasteiger partial charge in [-0.2, -0.15) is 31.2 Å². The molecular weight excluding hydrogens is 291 g/mol. The molecule has 2 rings (SSSR count). The highest BCUT2D eigenvalue weighted by molar-refractivity contribution is 5.15. The smallest absolute Gasteiger partial charge is 0.219 e. The fourth-order valence-electron chi connectivity index (χ4n) is 3.11. The largest absolute Gasteiger partial charge is 0.391 e. The normalized spacial score (nSPS) is 43.6. The summed E-state index contributed by atoms with van der Waals surface area (Å²) in [5.41, 5.74) is 0. The number of rotatable bonds is 1. The van der Waals surface area contributed by atoms with Gasteiger partial charge < -0.3 is 0 Å². The average Bonchev–Trinajstić information content (AvgIpc) is 2.36. The van der Waals surface area contributed by atoms with Crippen molar-refractivity contribution in [3.8, 4) is 0 Å². The molecule has 0 N–H and O–H groups in total. The van der Waals surface area contributed by atoms with Crippen LogP contribution in [-0.2, 0) is 0 Å². The molecule has 1 unspecified atom stereocenters. The molecule has 1 heterocycles. The maximum atomic E-state index is 14.1. The topological polar surface area (TPSA) is 3.24 Å². The SMILES string of the molecule is CC1CCC(N2C(C)(F)C(F)(F)C(F)(F)C2(F)F)CC1. The van der Waals surface area contributed by atoms with E-state index in [0.717, 1.165) is 0 Å². The van der Waals surface area contributed by atoms with Crippen molar-refractivity contribution in [1.29, 1.82) is 0 Å². The molecule has 8 heteroatoms. The molecule has 0 spiro atoms. The van der Waals surface area contributed by atoms with Crippen LogP contribution in [0, 0.1) is 5.92 Å². The third-order valence-electron chi connectivity index (χ3n) is 4.45. The second-order valence-electron chi connectivity index (χ2n) is 5.93. The Hall–Kier alpha value is -0.530. The molecule has 0 amide bonds. The van der Waals surface area contributed by atoms with E-state index in [0.29, 0.717) is 12.8 Å². The van der Waals surface area contributed by atoms with Gasteiger partial charge in [0.2, 0.25) is 5.79 Å². The van der Waals surface area contributed by atoms with Crippen LogP contribution < -0.4 is 0 Å². The van der Waals surface area contributed by atoms with Gasteiger partial charge in [0.1, 0.15) is 0 Å². The number of hydrogen-bond donors (Lipinski definition) is 0. The molecule has 1 nitrogen and oxygen atoms in total. The first-order valence-electron chi connectivity index (χ1n) is 6.49. The molecule has 0 aromatic carbocycles. The van der Waals surface area contributed by atoms with E-state index in [1.165, 1.54) is 0 Å². The van der Waals surface area contributed by atoms with Gasteiger partial charge in [-0.3, -0.25) is 0 Å². The summed E-state index contributed by atoms with van der Waals surface area (Å²) in [5, 5.41) is 0. The molecule has 0 aromatic heterocycles. The Balaban J connectivity index is 2.41. The molecule has 1 aliphatic carbocycles. The average molecular weight is 307 g/mol. The van der Waals surface area contributed by atoms with Crippen molar-refractivity contribution in [3.05, 3.63) is 0 Å². The van der Waals surface area contributed by atoms with Crippen molar-refractivity contribution in [2.45, 2.75) is 69.3 Å². The first kappa shape index (κ1) is 15.9. The Bertz CT molecular complexity index is 359. The highest BCUT2D eigenvalue weighted by Crippen LogP contribution is 2.63. The summed E-state index contributed by atoms with van der Waals surface area (Å²) < 4.78 is 95.0. The zero-order valence-electron chi connectivity index (χ0n) is 11.1. The van der Waals surface area contributed by atoms with E-state index in [2.05, 4.69) is 0 Å². The van der Waals surface area contributed by atoms with Crippen molar-refractivity contribution in [2.75, 3.05) is 0 Å². The van der Waals surface area contributed by atoms with Gasteiger partial charge in [-0.1, -0.05) is 6.92 Å². The van der Waals surface area contributed by atoms with E-state index in [9.17, 15) is 30.7 Å². The molecule has 2 fully saturated rings. The lowest BCUT2D eigenvalue weighted by atomic mass is 9.86. The van der Waals surface area contributed by atoms with Gasteiger partial charge in [0.05, 0.1) is 0 Å². The third-order valence-corrected chi connectivity index (χ3v) is 4.45. The Labute approximate surface area is 112 Å². The Kier molecular flexibility index (Phi) is 3.36. The quantitative estimate of drug-likeness (QED) is 0.512. The summed E-state index contributed by atoms with van der Waals surface area (Å²) in [5.74, 6) is -15.1. The standard InChI is InChI=1S/C12H16F7N/c1-7-3-5-8(6-4-7)20-9(2,13)10(14,15)11(16,17)12(20,18)19/h7-8H,3-6H2,1-2H3. The van der Waals surface area contributed by atoms with E-state index in [4.69, 9.17) is 0 Å². The van der Waals surface area contributed by atoms with Gasteiger partial charge in [0, 0.05) is 6.04 Å². The maximum absolute atomic E-state index is 14.1. The highest BCUT2D eigenvalue weighted by atomic mass is 19.4. The number of likely N-dealkylation sites (tertiary alicyclic amines) is 1. The lowest BCUT2D eigenvalue weighted by Gasteiger charge is -2.40. The molecule has 1 aliphatic heterocycles. The zero-order chi connectivity index (χ0) is 15.6. The minimum atomic E-state index is -5.73. The minimum absolute atomic E-state index is 0.00241. The second kappa shape index (κ2) is 4.24. The van der Waals surface area contributed by atoms with Crippen LogP contribution in [0.25, 0.3) is 0 Å². The van der Waals surface area contributed by atoms with Gasteiger partial charge >= 0.3 is 17.9 Å². The fourth-order valence-corrected chi connectivity index (χ4v) is 3.11. The number of alkyl halides is 7. The highest BCUT2D eigenvalue weighted by Gasteiger charge is 2.90. The molecular formula is C12H16F7N. The van der Waals surface area contributed by atoms with Gasteiger partial charge in [-0.05, 0) is 38.5 Å². The summed E-state index contributed by atoms with van der Waals surface area (Å²) in [6.07, 6.45) is 0.847. The van der Waals surface area contributed by atoms with Gasteiger partial charge in [-0.15, -0.1) is 0 Å². The van der Waals surface area contributed by atoms with E-state index in [1.807, 2.05) is 6.92 Å². The summed E-state index contributed by atoms with van der Waals surface area (Å²) in [7, 11) is 0. The lowest BCUT2D eigenvalue weighted by Crippen LogP contribution is -2.56. The first-order chi connectivity index (χ1) is 8.87. The monoisotopic (exact) mass is 307 g/mol. The van der Waals surface area contributed by atoms with Crippen LogP contribution in [-0.4, -0.2) is 34.6 Å². The number of hydrogen-bond acceptors (Lipinski definition) is 1. The van der Waals surface area contributed by atoms with Crippen molar-refractivity contribution < 1.29 is 30.7 Å². The predicted octanol–water partition coefficient (Wildman–Crippen LogP) is 4.43. The molecule has 1 atom stereocenters. The molecule has 118 valence electrons. The van der Waals surface area contributed by atoms with Crippen molar-refractivity contribution >= 4 is 0 Å². The maximum Gasteiger partial charge on any atom is 0.391 e. The third kappa shape index (κ3) is 1.72. The molecule has 0 bridgehead atoms. The minimum Gasteiger partial charge on any atom is -0.219 e. The van der Waals surface area contributed by atoms with Crippen LogP contribution >= 0.6 is 0 Å². The summed E-state index contributed by atoms with van der Waals surface area (Å²) >= 11 is 0. The number of nitrogens with zero attached hydrogens (tertiary/aromatic N) is 1. The van der Waals surface area contributed by atoms with E-state index in [1.54, 1.807) is 0 Å². The van der Waals surface area contributed by atoms with Crippen molar-refractivity contribution in [3.63, 3.8) is 0 Å². The Morgan fingerprint density at radius 2 is 1.25 bits per heavy atom. The van der Waals surface area contributed by atoms with Crippen molar-refractivity contribution in [2.24, 2.45) is 5.92 Å². The Morgan fingerprint density at radius 3 is 1.60 bits per heavy atom. The van der Waals surface area contributed by atoms with Crippen molar-refractivity contribution in [1.82, 2.24) is 4.90 Å². The van der Waals surface area contributed by atoms with Crippen LogP contribution in [0.1, 0.15) is 39.5 Å². The molecule has 0 aromatic rings. The van der Waals surface area contributed by atoms with Gasteiger partial charge in [0.25, 0.3) is 0 Å². The van der Waals surface area contributed by atoms with Crippen LogP contribution in [0.15, 0.2) is 0 Å². The Morgan fingerprint density at radius 1 is 0.800 bits per heavy atom. The number of halogens is 7. The van der Waals surface area contributed by atoms with Gasteiger partial charge in [-0.25, -0.2) is 4.39 Å². The van der Waals surface area contributed by atoms with Gasteiger partial charge in [0.15, 0.2) is 0 Å². The molecule has 2 aliphatic rings. The van der Waals surface area contributed by atoms with E-state index in [-0.39, 0.29) is 25.7 Å². The second-order valence-corrected chi connectivity index (χ2v) is 5.93. The zero-order valence-corrected chi connectivity index (χ0v) is 11.1. The van der Waals surface area contributed by atoms with E-state index >= 15 is 0 Å². The van der Waals surface area contributed by atoms with Crippen LogP contribution in [0.3, 0.4) is 0 Å². The summed E-state index contributed by atoms with van der Waals surface area (Å²) in [6.45, 7) is 1.95. The fraction of sp³-hybridized carbons (Fsp3) is 1.00. The molecule has 20 heavy (non-hydrogen) atoms. The van der Waals surface area contributed by atoms with Crippen LogP contribution in [0.2, 0.25) is 0 Å². The van der Waals surface area contributed by atoms with Crippen LogP contribution in [0.4, 0.5) is 30.7 Å². The molecule has 0 radical (unpaired) electrons. The van der Waals surface area contributed by atoms with Crippen LogP contribution in [0.5, 0.6) is 0 Å². The molecule has 1 saturated carbocycles. The first-order valence-corrected chi connectivity index (χ1v) is 6.49. The predicted molar refractivity (Wildman–Crippen MR) is 57.6 cm³/mol. The summed E-state index contributed by atoms with van der Waals surface area (Å²) in [6, 6.07) is -6.51. The lowest BCUT2D eigenvalue weighted by molar-refractivity contribution is -0.299.